The van der Waals surface area contributed by atoms with Crippen LogP contribution in [-0.4, -0.2) is 189 Å². The summed E-state index contributed by atoms with van der Waals surface area (Å²) in [6.07, 6.45) is 24.0. The number of carbonyl (C=O) groups is 11. The summed E-state index contributed by atoms with van der Waals surface area (Å²) in [7, 11) is 0. The second-order valence-corrected chi connectivity index (χ2v) is 25.1. The standard InChI is InChI=1S/C65H116N18O13/c1-5-6-7-8-9-10-11-12-13-14-15-16-17-27-56(87)76-48(26-20-23-32-68)60(91)80-50(33-43(2)3)61(92)82-54(40-85)65(96)81-52(35-46-37-71-42-74-46)63(94)83-53(39-84)64(95)78-47(25-19-22-31-67)58(89)72-38-57(88)77-51(34-45-36-70-41-73-45)62(93)79-49(28-29-55(69)86)59(90)75-44(4)24-18-21-30-66/h36-37,41-44,47-54,84-85H,5-35,38-40,66-68H2,1-4H3,(H2,69,86)(H,70,73)(H,71,74)(H,72,89)(H,75,90)(H,76,87)(H,77,88)(H,78,95)(H,79,93)(H,80,91)(H,81,96)(H,82,92)(H,83,94)/t44-,47+,48+,49+,50+,51+,52+,53+,54+/m1/s1. The third kappa shape index (κ3) is 37.1. The summed E-state index contributed by atoms with van der Waals surface area (Å²) >= 11 is 0. The molecule has 0 fully saturated rings. The van der Waals surface area contributed by atoms with Crippen molar-refractivity contribution in [1.29, 1.82) is 0 Å². The maximum Gasteiger partial charge on any atom is 0.245 e. The van der Waals surface area contributed by atoms with Crippen molar-refractivity contribution < 1.29 is 63.0 Å². The summed E-state index contributed by atoms with van der Waals surface area (Å²) < 4.78 is 0. The Morgan fingerprint density at radius 1 is 0.417 bits per heavy atom. The lowest BCUT2D eigenvalue weighted by Gasteiger charge is -2.27. The predicted octanol–water partition coefficient (Wildman–Crippen LogP) is -0.418. The number of hydrogen-bond donors (Lipinski definition) is 18. The molecule has 0 saturated heterocycles. The third-order valence-corrected chi connectivity index (χ3v) is 16.1. The first-order chi connectivity index (χ1) is 46.1. The summed E-state index contributed by atoms with van der Waals surface area (Å²) in [4.78, 5) is 163. The van der Waals surface area contributed by atoms with Crippen molar-refractivity contribution in [2.24, 2.45) is 28.9 Å². The molecule has 0 radical (unpaired) electrons. The van der Waals surface area contributed by atoms with Crippen molar-refractivity contribution >= 4 is 65.0 Å². The lowest BCUT2D eigenvalue weighted by molar-refractivity contribution is -0.136. The first-order valence-corrected chi connectivity index (χ1v) is 34.6. The van der Waals surface area contributed by atoms with E-state index in [4.69, 9.17) is 22.9 Å². The molecule has 31 heteroatoms. The van der Waals surface area contributed by atoms with E-state index >= 15 is 0 Å². The number of H-pyrrole nitrogens is 2. The molecule has 0 aromatic carbocycles. The number of nitrogens with zero attached hydrogens (tertiary/aromatic N) is 2. The van der Waals surface area contributed by atoms with E-state index < -0.39 is 127 Å². The average Bonchev–Trinajstić information content (AvgIpc) is 1.31. The van der Waals surface area contributed by atoms with Crippen LogP contribution < -0.4 is 76.1 Å². The lowest BCUT2D eigenvalue weighted by atomic mass is 10.0. The van der Waals surface area contributed by atoms with Gasteiger partial charge >= 0.3 is 0 Å². The highest BCUT2D eigenvalue weighted by Crippen LogP contribution is 2.15. The van der Waals surface area contributed by atoms with Gasteiger partial charge in [0.2, 0.25) is 65.0 Å². The Morgan fingerprint density at radius 2 is 0.792 bits per heavy atom. The van der Waals surface area contributed by atoms with E-state index in [-0.39, 0.29) is 75.8 Å². The highest BCUT2D eigenvalue weighted by atomic mass is 16.3. The molecule has 2 aromatic heterocycles. The molecule has 0 unspecified atom stereocenters. The molecule has 544 valence electrons. The quantitative estimate of drug-likeness (QED) is 0.0374. The lowest BCUT2D eigenvalue weighted by Crippen LogP contribution is -2.61. The fourth-order valence-corrected chi connectivity index (χ4v) is 10.6. The van der Waals surface area contributed by atoms with Gasteiger partial charge in [0, 0.05) is 55.5 Å². The molecule has 0 saturated carbocycles. The van der Waals surface area contributed by atoms with E-state index in [1.165, 1.54) is 76.4 Å². The molecule has 2 aromatic rings. The van der Waals surface area contributed by atoms with Gasteiger partial charge in [-0.25, -0.2) is 9.97 Å². The fraction of sp³-hybridized carbons (Fsp3) is 0.738. The molecule has 0 bridgehead atoms. The third-order valence-electron chi connectivity index (χ3n) is 16.1. The van der Waals surface area contributed by atoms with E-state index in [0.717, 1.165) is 38.5 Å². The van der Waals surface area contributed by atoms with Gasteiger partial charge in [-0.1, -0.05) is 104 Å². The van der Waals surface area contributed by atoms with Crippen LogP contribution in [0.2, 0.25) is 0 Å². The average molecular weight is 1360 g/mol. The molecule has 0 aliphatic heterocycles. The number of aliphatic hydroxyl groups is 2. The topological polar surface area (TPSA) is 510 Å². The maximum atomic E-state index is 14.2. The first-order valence-electron chi connectivity index (χ1n) is 34.6. The van der Waals surface area contributed by atoms with Crippen molar-refractivity contribution in [2.45, 2.75) is 262 Å². The minimum atomic E-state index is -1.75. The number of imidazole rings is 2. The second-order valence-electron chi connectivity index (χ2n) is 25.1. The Bertz CT molecular complexity index is 2580. The van der Waals surface area contributed by atoms with Gasteiger partial charge in [0.1, 0.15) is 48.3 Å². The Hall–Kier alpha value is -7.61. The van der Waals surface area contributed by atoms with Crippen LogP contribution in [0.1, 0.15) is 206 Å². The van der Waals surface area contributed by atoms with Crippen molar-refractivity contribution in [1.82, 2.24) is 73.1 Å². The van der Waals surface area contributed by atoms with E-state index in [1.54, 1.807) is 6.92 Å². The number of rotatable bonds is 56. The summed E-state index contributed by atoms with van der Waals surface area (Å²) in [6.45, 7) is 5.97. The molecule has 22 N–H and O–H groups in total. The van der Waals surface area contributed by atoms with E-state index in [2.05, 4.69) is 80.0 Å². The van der Waals surface area contributed by atoms with Crippen LogP contribution in [0.4, 0.5) is 0 Å². The number of nitrogens with one attached hydrogen (secondary N) is 12. The van der Waals surface area contributed by atoms with Crippen molar-refractivity contribution in [3.63, 3.8) is 0 Å². The van der Waals surface area contributed by atoms with Crippen LogP contribution in [-0.2, 0) is 65.6 Å². The largest absolute Gasteiger partial charge is 0.394 e. The number of amides is 11. The number of aromatic nitrogens is 4. The Kier molecular flexibility index (Phi) is 44.6. The molecule has 31 nitrogen and oxygen atoms in total. The monoisotopic (exact) mass is 1360 g/mol. The minimum absolute atomic E-state index is 0.0340. The summed E-state index contributed by atoms with van der Waals surface area (Å²) in [5.74, 6) is -8.92. The van der Waals surface area contributed by atoms with Gasteiger partial charge in [0.15, 0.2) is 0 Å². The molecule has 0 spiro atoms. The van der Waals surface area contributed by atoms with Crippen molar-refractivity contribution in [3.05, 3.63) is 36.4 Å². The molecule has 0 aliphatic rings. The number of nitrogens with two attached hydrogens (primary N) is 4. The number of hydrogen-bond acceptors (Lipinski definition) is 18. The van der Waals surface area contributed by atoms with Crippen LogP contribution in [0.5, 0.6) is 0 Å². The number of carbonyl (C=O) groups excluding carboxylic acids is 11. The zero-order valence-electron chi connectivity index (χ0n) is 57.2. The Balaban J connectivity index is 2.20. The van der Waals surface area contributed by atoms with Gasteiger partial charge in [-0.05, 0) is 103 Å². The Labute approximate surface area is 565 Å². The van der Waals surface area contributed by atoms with Crippen LogP contribution >= 0.6 is 0 Å². The maximum absolute atomic E-state index is 14.2. The summed E-state index contributed by atoms with van der Waals surface area (Å²) in [5, 5.41) is 46.9. The number of primary amides is 1. The predicted molar refractivity (Wildman–Crippen MR) is 362 cm³/mol. The van der Waals surface area contributed by atoms with Crippen LogP contribution in [0.15, 0.2) is 25.0 Å². The van der Waals surface area contributed by atoms with Gasteiger partial charge in [-0.15, -0.1) is 0 Å². The van der Waals surface area contributed by atoms with E-state index in [0.29, 0.717) is 63.0 Å². The van der Waals surface area contributed by atoms with Crippen LogP contribution in [0.25, 0.3) is 0 Å². The van der Waals surface area contributed by atoms with Crippen molar-refractivity contribution in [3.8, 4) is 0 Å². The normalized spacial score (nSPS) is 14.1. The van der Waals surface area contributed by atoms with Crippen LogP contribution in [0, 0.1) is 5.92 Å². The zero-order valence-corrected chi connectivity index (χ0v) is 57.2. The molecule has 9 atom stereocenters. The number of unbranched alkanes of at least 4 members (excludes halogenated alkanes) is 15. The Morgan fingerprint density at radius 3 is 1.24 bits per heavy atom. The van der Waals surface area contributed by atoms with Gasteiger partial charge in [0.05, 0.1) is 32.4 Å². The molecular formula is C65H116N18O13. The highest BCUT2D eigenvalue weighted by molar-refractivity contribution is 5.98. The summed E-state index contributed by atoms with van der Waals surface area (Å²) in [6, 6.07) is -11.5. The van der Waals surface area contributed by atoms with Gasteiger partial charge < -0.3 is 96.3 Å². The fourth-order valence-electron chi connectivity index (χ4n) is 10.6. The van der Waals surface area contributed by atoms with Crippen LogP contribution in [0.3, 0.4) is 0 Å². The highest BCUT2D eigenvalue weighted by Gasteiger charge is 2.35. The first kappa shape index (κ1) is 84.5. The summed E-state index contributed by atoms with van der Waals surface area (Å²) in [5.41, 5.74) is 23.2. The molecule has 2 heterocycles. The van der Waals surface area contributed by atoms with E-state index in [1.807, 2.05) is 13.8 Å². The minimum Gasteiger partial charge on any atom is -0.394 e. The smallest absolute Gasteiger partial charge is 0.245 e. The number of aromatic amines is 2. The molecule has 2 rings (SSSR count). The molecule has 96 heavy (non-hydrogen) atoms. The van der Waals surface area contributed by atoms with E-state index in [9.17, 15) is 63.0 Å². The molecular weight excluding hydrogens is 1240 g/mol. The van der Waals surface area contributed by atoms with Crippen molar-refractivity contribution in [2.75, 3.05) is 39.4 Å². The SMILES string of the molecule is CCCCCCCCCCCCCCCC(=O)N[C@@H](CCCCN)C(=O)N[C@@H](CC(C)C)C(=O)N[C@@H](CO)C(=O)N[C@@H](Cc1cnc[nH]1)C(=O)N[C@@H](CO)C(=O)N[C@@H](CCCCN)C(=O)NCC(=O)N[C@@H](Cc1cnc[nH]1)C(=O)N[C@@H](CCC(N)=O)C(=O)N[C@H](C)CCCCN. The molecule has 11 amide bonds. The second kappa shape index (κ2) is 50.7. The van der Waals surface area contributed by atoms with Gasteiger partial charge in [0.25, 0.3) is 0 Å². The van der Waals surface area contributed by atoms with Gasteiger partial charge in [-0.3, -0.25) is 52.7 Å². The number of aliphatic hydroxyl groups excluding tert-OH is 2. The van der Waals surface area contributed by atoms with Gasteiger partial charge in [-0.2, -0.15) is 0 Å². The zero-order chi connectivity index (χ0) is 71.0. The molecule has 0 aliphatic carbocycles.